The van der Waals surface area contributed by atoms with E-state index in [0.717, 1.165) is 165 Å². The molecule has 0 amide bonds. The molecule has 132 heavy (non-hydrogen) atoms. The molecular formula is C128H78O4. The van der Waals surface area contributed by atoms with Crippen LogP contribution in [0, 0.1) is 0 Å². The predicted molar refractivity (Wildman–Crippen MR) is 557 cm³/mol. The molecule has 0 unspecified atom stereocenters. The highest BCUT2D eigenvalue weighted by Gasteiger charge is 2.28. The van der Waals surface area contributed by atoms with Crippen molar-refractivity contribution in [2.75, 3.05) is 0 Å². The Kier molecular flexibility index (Phi) is 16.7. The Morgan fingerprint density at radius 3 is 0.962 bits per heavy atom. The van der Waals surface area contributed by atoms with Gasteiger partial charge in [-0.1, -0.05) is 406 Å². The summed E-state index contributed by atoms with van der Waals surface area (Å²) in [6, 6.07) is 154. The van der Waals surface area contributed by atoms with Crippen molar-refractivity contribution in [2.24, 2.45) is 0 Å². The minimum absolute atomic E-state index is 0.198. The lowest BCUT2D eigenvalue weighted by Crippen LogP contribution is -1.92. The monoisotopic (exact) mass is 1680 g/mol. The molecule has 0 spiro atoms. The van der Waals surface area contributed by atoms with E-state index in [1.54, 1.807) is 0 Å². The minimum atomic E-state index is -0.404. The molecule has 614 valence electrons. The van der Waals surface area contributed by atoms with E-state index < -0.39 is 6.04 Å². The quantitative estimate of drug-likeness (QED) is 0.135. The molecule has 4 heteroatoms. The fourth-order valence-corrected chi connectivity index (χ4v) is 21.2. The van der Waals surface area contributed by atoms with Gasteiger partial charge in [0.25, 0.3) is 0 Å². The Labute approximate surface area is 766 Å². The zero-order valence-corrected chi connectivity index (χ0v) is 71.3. The molecule has 4 nitrogen and oxygen atoms in total. The van der Waals surface area contributed by atoms with Crippen LogP contribution in [0.5, 0.6) is 0 Å². The van der Waals surface area contributed by atoms with E-state index in [2.05, 4.69) is 370 Å². The van der Waals surface area contributed by atoms with Gasteiger partial charge in [0.1, 0.15) is 44.7 Å². The van der Waals surface area contributed by atoms with Gasteiger partial charge in [-0.25, -0.2) is 0 Å². The first-order valence-electron chi connectivity index (χ1n) is 47.3. The van der Waals surface area contributed by atoms with Crippen molar-refractivity contribution in [2.45, 2.75) is 0 Å². The van der Waals surface area contributed by atoms with E-state index in [-0.39, 0.29) is 29.7 Å². The molecule has 0 bridgehead atoms. The van der Waals surface area contributed by atoms with E-state index in [1.807, 2.05) is 72.8 Å². The van der Waals surface area contributed by atoms with Crippen molar-refractivity contribution < 1.29 is 24.5 Å². The Balaban J connectivity index is 0.000000107. The number of hydrogen-bond donors (Lipinski definition) is 0. The smallest absolute Gasteiger partial charge is 0.143 e. The van der Waals surface area contributed by atoms with Gasteiger partial charge in [0.05, 0.1) is 6.85 Å². The fourth-order valence-electron chi connectivity index (χ4n) is 21.2. The Bertz CT molecular complexity index is 9690. The van der Waals surface area contributed by atoms with Crippen molar-refractivity contribution in [1.82, 2.24) is 0 Å². The fraction of sp³-hybridized carbons (Fsp3) is 0. The molecule has 4 heterocycles. The molecule has 0 saturated heterocycles. The first-order chi connectivity index (χ1) is 67.6. The van der Waals surface area contributed by atoms with Gasteiger partial charge in [0.2, 0.25) is 0 Å². The molecule has 0 aliphatic carbocycles. The van der Waals surface area contributed by atoms with Crippen LogP contribution in [-0.2, 0) is 0 Å². The van der Waals surface area contributed by atoms with Crippen molar-refractivity contribution in [3.8, 4) is 100 Å². The van der Waals surface area contributed by atoms with Crippen LogP contribution in [0.1, 0.15) is 6.85 Å². The summed E-state index contributed by atoms with van der Waals surface area (Å²) in [6.07, 6.45) is 0. The number of furan rings is 4. The van der Waals surface area contributed by atoms with Gasteiger partial charge in [-0.3, -0.25) is 0 Å². The summed E-state index contributed by atoms with van der Waals surface area (Å²) in [4.78, 5) is 0. The molecule has 28 aromatic rings. The largest absolute Gasteiger partial charge is 0.456 e. The first kappa shape index (κ1) is 70.7. The number of hydrogen-bond acceptors (Lipinski definition) is 4. The van der Waals surface area contributed by atoms with Crippen LogP contribution in [-0.4, -0.2) is 0 Å². The van der Waals surface area contributed by atoms with Crippen molar-refractivity contribution >= 4 is 174 Å². The maximum Gasteiger partial charge on any atom is 0.143 e. The lowest BCUT2D eigenvalue weighted by atomic mass is 9.84. The average Bonchev–Trinajstić information content (AvgIpc) is 1.61. The number of rotatable bonds is 9. The Hall–Kier alpha value is -17.4. The van der Waals surface area contributed by atoms with E-state index in [1.165, 1.54) is 98.4 Å². The van der Waals surface area contributed by atoms with Gasteiger partial charge < -0.3 is 17.7 Å². The SMILES string of the molecule is [2H]c1c([2H])c([2H])c(-c2c3ccccc3c(-c3cc(-c4cccc5ccccc45)cc4oc5ccccc5c34)c3ccccc23)c([2H])c1[2H].c1ccc(-c2c3ccccc3c(-c3ccc(-c4ccc5ccccc5c4)c4oc5ccccc5c34)c3ccccc23)cc1.c1ccc(-c2c3ccccc3c(-c3ccc(-c4ccc5oc6ccccc6c5c4)c4oc5ccccc5c34)c3ccccc23)cc1. The van der Waals surface area contributed by atoms with Crippen LogP contribution in [0.15, 0.2) is 491 Å². The highest BCUT2D eigenvalue weighted by atomic mass is 16.3. The summed E-state index contributed by atoms with van der Waals surface area (Å²) < 4.78 is 69.2. The van der Waals surface area contributed by atoms with E-state index in [4.69, 9.17) is 24.5 Å². The summed E-state index contributed by atoms with van der Waals surface area (Å²) in [5.41, 5.74) is 26.2. The maximum atomic E-state index is 8.92. The Morgan fingerprint density at radius 2 is 0.477 bits per heavy atom. The molecular weight excluding hydrogens is 1600 g/mol. The molecule has 0 N–H and O–H groups in total. The van der Waals surface area contributed by atoms with E-state index in [9.17, 15) is 0 Å². The maximum absolute atomic E-state index is 8.92. The second kappa shape index (κ2) is 31.3. The van der Waals surface area contributed by atoms with Gasteiger partial charge in [0.15, 0.2) is 0 Å². The third kappa shape index (κ3) is 12.4. The third-order valence-corrected chi connectivity index (χ3v) is 26.9. The van der Waals surface area contributed by atoms with Crippen LogP contribution < -0.4 is 0 Å². The van der Waals surface area contributed by atoms with Crippen molar-refractivity contribution in [1.29, 1.82) is 0 Å². The number of fused-ring (bicyclic) bond motifs is 20. The summed E-state index contributed by atoms with van der Waals surface area (Å²) in [7, 11) is 0. The Morgan fingerprint density at radius 1 is 0.144 bits per heavy atom. The molecule has 0 aliphatic heterocycles. The van der Waals surface area contributed by atoms with Gasteiger partial charge in [0, 0.05) is 54.2 Å². The van der Waals surface area contributed by atoms with Gasteiger partial charge in [-0.2, -0.15) is 0 Å². The number of para-hydroxylation sites is 4. The molecule has 0 fully saturated rings. The molecule has 0 aliphatic rings. The van der Waals surface area contributed by atoms with E-state index >= 15 is 0 Å². The first-order valence-corrected chi connectivity index (χ1v) is 44.8. The van der Waals surface area contributed by atoms with Crippen LogP contribution in [0.2, 0.25) is 0 Å². The summed E-state index contributed by atoms with van der Waals surface area (Å²) in [5.74, 6) is 0. The van der Waals surface area contributed by atoms with Crippen LogP contribution in [0.4, 0.5) is 0 Å². The molecule has 0 saturated carbocycles. The highest BCUT2D eigenvalue weighted by Crippen LogP contribution is 2.54. The van der Waals surface area contributed by atoms with Crippen LogP contribution >= 0.6 is 0 Å². The zero-order valence-electron chi connectivity index (χ0n) is 76.3. The van der Waals surface area contributed by atoms with Gasteiger partial charge >= 0.3 is 0 Å². The van der Waals surface area contributed by atoms with Crippen LogP contribution in [0.25, 0.3) is 274 Å². The topological polar surface area (TPSA) is 52.6 Å². The summed E-state index contributed by atoms with van der Waals surface area (Å²) in [6.45, 7) is 0. The normalized spacial score (nSPS) is 12.3. The van der Waals surface area contributed by atoms with Gasteiger partial charge in [-0.15, -0.1) is 0 Å². The molecule has 0 atom stereocenters. The van der Waals surface area contributed by atoms with Gasteiger partial charge in [-0.05, 0) is 242 Å². The highest BCUT2D eigenvalue weighted by molar-refractivity contribution is 6.31. The minimum Gasteiger partial charge on any atom is -0.456 e. The molecule has 0 radical (unpaired) electrons. The molecule has 4 aromatic heterocycles. The summed E-state index contributed by atoms with van der Waals surface area (Å²) in [5, 5.41) is 26.9. The second-order valence-electron chi connectivity index (χ2n) is 34.1. The average molecular weight is 1690 g/mol. The predicted octanol–water partition coefficient (Wildman–Crippen LogP) is 36.9. The summed E-state index contributed by atoms with van der Waals surface area (Å²) >= 11 is 0. The molecule has 24 aromatic carbocycles. The van der Waals surface area contributed by atoms with Crippen molar-refractivity contribution in [3.63, 3.8) is 0 Å². The number of benzene rings is 24. The van der Waals surface area contributed by atoms with Crippen molar-refractivity contribution in [3.05, 3.63) is 473 Å². The second-order valence-corrected chi connectivity index (χ2v) is 34.1. The zero-order chi connectivity index (χ0) is 91.2. The van der Waals surface area contributed by atoms with E-state index in [0.29, 0.717) is 5.56 Å². The lowest BCUT2D eigenvalue weighted by molar-refractivity contribution is 0.668. The standard InChI is InChI=1S/C44H26O2.2C42H26O/c1-2-12-27(13-3-1)41-31-15-4-6-17-33(31)42(34-18-7-5-16-32(34)41)36-24-23-29(44-43(36)35-19-9-11-21-39(35)46-44)28-22-25-40-37(26-28)30-14-8-10-20-38(30)45-40;1-2-14-28(15-3-1)40-32-18-6-8-20-34(32)41(35-21-9-7-19-33(35)40)37-25-29(31-23-12-16-27-13-4-5-17-30(27)31)26-39-42(37)36-22-10-11-24-38(36)43-39;1-2-13-28(14-3-1)39-32-16-6-8-18-34(32)40(35-19-9-7-17-33(35)39)37-25-24-31(30-23-22-27-12-4-5-15-29(27)26-30)42-41(37)36-20-10-11-21-38(36)43-42/h1-26H;2*1-26H/i;1D,2D,3D,14D,15D;. The van der Waals surface area contributed by atoms with Crippen LogP contribution in [0.3, 0.4) is 0 Å². The molecule has 28 rings (SSSR count). The third-order valence-electron chi connectivity index (χ3n) is 26.9. The lowest BCUT2D eigenvalue weighted by Gasteiger charge is -2.19.